The maximum Gasteiger partial charge on any atom is 0.229 e. The van der Waals surface area contributed by atoms with Gasteiger partial charge in [-0.2, -0.15) is 0 Å². The minimum absolute atomic E-state index is 0. The van der Waals surface area contributed by atoms with E-state index < -0.39 is 0 Å². The molecule has 1 aromatic rings. The number of hydrogen-bond acceptors (Lipinski definition) is 3. The molecule has 0 aliphatic carbocycles. The molecule has 122 valence electrons. The summed E-state index contributed by atoms with van der Waals surface area (Å²) in [6.07, 6.45) is 2.22. The molecule has 2 amide bonds. The maximum atomic E-state index is 12.3. The number of carbonyl (C=O) groups is 2. The number of halogens is 1. The van der Waals surface area contributed by atoms with E-state index in [1.54, 1.807) is 0 Å². The fraction of sp³-hybridized carbons (Fsp3) is 0.500. The summed E-state index contributed by atoms with van der Waals surface area (Å²) in [5.41, 5.74) is 0.807. The molecule has 1 heterocycles. The minimum Gasteiger partial charge on any atom is -0.342 e. The van der Waals surface area contributed by atoms with Crippen molar-refractivity contribution in [3.8, 4) is 0 Å². The average Bonchev–Trinajstić information content (AvgIpc) is 2.53. The van der Waals surface area contributed by atoms with Gasteiger partial charge in [-0.25, -0.2) is 0 Å². The largest absolute Gasteiger partial charge is 0.342 e. The molecule has 0 spiro atoms. The molecule has 0 aromatic heterocycles. The van der Waals surface area contributed by atoms with Gasteiger partial charge in [0.25, 0.3) is 0 Å². The molecule has 2 N–H and O–H groups in total. The topological polar surface area (TPSA) is 61.4 Å². The van der Waals surface area contributed by atoms with E-state index in [2.05, 4.69) is 10.6 Å². The SMILES string of the molecule is CNCCC(=O)N1CCCC(C(=O)Nc2ccccc2)C1.Cl. The molecule has 1 aromatic carbocycles. The standard InChI is InChI=1S/C16H23N3O2.ClH/c1-17-10-9-15(20)19-11-5-6-13(12-19)16(21)18-14-7-3-2-4-8-14;/h2-4,7-8,13,17H,5-6,9-12H2,1H3,(H,18,21);1H. The monoisotopic (exact) mass is 325 g/mol. The predicted octanol–water partition coefficient (Wildman–Crippen LogP) is 1.89. The number of likely N-dealkylation sites (tertiary alicyclic amines) is 1. The molecule has 1 unspecified atom stereocenters. The first-order valence-corrected chi connectivity index (χ1v) is 7.49. The Morgan fingerprint density at radius 1 is 1.27 bits per heavy atom. The van der Waals surface area contributed by atoms with Gasteiger partial charge in [-0.05, 0) is 32.0 Å². The highest BCUT2D eigenvalue weighted by atomic mass is 35.5. The van der Waals surface area contributed by atoms with E-state index in [4.69, 9.17) is 0 Å². The van der Waals surface area contributed by atoms with Crippen LogP contribution in [-0.2, 0) is 9.59 Å². The van der Waals surface area contributed by atoms with Crippen LogP contribution in [0.1, 0.15) is 19.3 Å². The second-order valence-corrected chi connectivity index (χ2v) is 5.39. The number of anilines is 1. The Hall–Kier alpha value is -1.59. The molecular weight excluding hydrogens is 302 g/mol. The summed E-state index contributed by atoms with van der Waals surface area (Å²) in [6.45, 7) is 1.97. The van der Waals surface area contributed by atoms with Crippen LogP contribution in [0.2, 0.25) is 0 Å². The quantitative estimate of drug-likeness (QED) is 0.869. The number of nitrogens with one attached hydrogen (secondary N) is 2. The van der Waals surface area contributed by atoms with E-state index in [1.807, 2.05) is 42.3 Å². The summed E-state index contributed by atoms with van der Waals surface area (Å²) >= 11 is 0. The maximum absolute atomic E-state index is 12.3. The molecule has 0 bridgehead atoms. The van der Waals surface area contributed by atoms with Crippen LogP contribution < -0.4 is 10.6 Å². The van der Waals surface area contributed by atoms with E-state index in [9.17, 15) is 9.59 Å². The molecule has 1 atom stereocenters. The average molecular weight is 326 g/mol. The van der Waals surface area contributed by atoms with Gasteiger partial charge in [-0.3, -0.25) is 9.59 Å². The molecule has 0 radical (unpaired) electrons. The van der Waals surface area contributed by atoms with Crippen LogP contribution in [0, 0.1) is 5.92 Å². The third-order valence-electron chi connectivity index (χ3n) is 3.78. The number of hydrogen-bond donors (Lipinski definition) is 2. The fourth-order valence-corrected chi connectivity index (χ4v) is 2.57. The molecule has 1 aliphatic heterocycles. The predicted molar refractivity (Wildman–Crippen MR) is 90.2 cm³/mol. The van der Waals surface area contributed by atoms with Gasteiger partial charge in [0.2, 0.25) is 11.8 Å². The summed E-state index contributed by atoms with van der Waals surface area (Å²) in [7, 11) is 1.83. The molecule has 1 fully saturated rings. The Kier molecular flexibility index (Phi) is 7.91. The van der Waals surface area contributed by atoms with Crippen molar-refractivity contribution in [2.45, 2.75) is 19.3 Å². The van der Waals surface area contributed by atoms with Gasteiger partial charge in [0, 0.05) is 31.7 Å². The van der Waals surface area contributed by atoms with Gasteiger partial charge in [-0.15, -0.1) is 12.4 Å². The highest BCUT2D eigenvalue weighted by Crippen LogP contribution is 2.19. The molecular formula is C16H24ClN3O2. The summed E-state index contributed by atoms with van der Waals surface area (Å²) in [4.78, 5) is 26.1. The van der Waals surface area contributed by atoms with Crippen molar-refractivity contribution < 1.29 is 9.59 Å². The zero-order valence-corrected chi connectivity index (χ0v) is 13.7. The van der Waals surface area contributed by atoms with Crippen molar-refractivity contribution in [2.24, 2.45) is 5.92 Å². The number of rotatable bonds is 5. The molecule has 6 heteroatoms. The van der Waals surface area contributed by atoms with Crippen molar-refractivity contribution >= 4 is 29.9 Å². The zero-order valence-electron chi connectivity index (χ0n) is 12.9. The van der Waals surface area contributed by atoms with Crippen molar-refractivity contribution in [2.75, 3.05) is 32.0 Å². The molecule has 22 heavy (non-hydrogen) atoms. The lowest BCUT2D eigenvalue weighted by Gasteiger charge is -2.32. The first kappa shape index (κ1) is 18.5. The zero-order chi connectivity index (χ0) is 15.1. The van der Waals surface area contributed by atoms with Gasteiger partial charge in [0.15, 0.2) is 0 Å². The Morgan fingerprint density at radius 3 is 2.68 bits per heavy atom. The third-order valence-corrected chi connectivity index (χ3v) is 3.78. The van der Waals surface area contributed by atoms with Crippen LogP contribution in [0.3, 0.4) is 0 Å². The van der Waals surface area contributed by atoms with Crippen molar-refractivity contribution in [3.05, 3.63) is 30.3 Å². The van der Waals surface area contributed by atoms with Gasteiger partial charge >= 0.3 is 0 Å². The number of nitrogens with zero attached hydrogens (tertiary/aromatic N) is 1. The Balaban J connectivity index is 0.00000242. The van der Waals surface area contributed by atoms with Crippen LogP contribution in [0.25, 0.3) is 0 Å². The van der Waals surface area contributed by atoms with Gasteiger partial charge in [0.1, 0.15) is 0 Å². The lowest BCUT2D eigenvalue weighted by molar-refractivity contribution is -0.134. The van der Waals surface area contributed by atoms with E-state index >= 15 is 0 Å². The molecule has 2 rings (SSSR count). The summed E-state index contributed by atoms with van der Waals surface area (Å²) in [6, 6.07) is 9.44. The number of amides is 2. The Morgan fingerprint density at radius 2 is 2.00 bits per heavy atom. The third kappa shape index (κ3) is 5.31. The lowest BCUT2D eigenvalue weighted by atomic mass is 9.96. The fourth-order valence-electron chi connectivity index (χ4n) is 2.57. The first-order valence-electron chi connectivity index (χ1n) is 7.49. The van der Waals surface area contributed by atoms with Crippen LogP contribution in [0.4, 0.5) is 5.69 Å². The Labute approximate surface area is 137 Å². The molecule has 5 nitrogen and oxygen atoms in total. The second kappa shape index (κ2) is 9.43. The van der Waals surface area contributed by atoms with Crippen molar-refractivity contribution in [3.63, 3.8) is 0 Å². The highest BCUT2D eigenvalue weighted by molar-refractivity contribution is 5.93. The first-order chi connectivity index (χ1) is 10.2. The number of para-hydroxylation sites is 1. The lowest BCUT2D eigenvalue weighted by Crippen LogP contribution is -2.44. The van der Waals surface area contributed by atoms with Crippen LogP contribution in [0.5, 0.6) is 0 Å². The van der Waals surface area contributed by atoms with Gasteiger partial charge < -0.3 is 15.5 Å². The summed E-state index contributed by atoms with van der Waals surface area (Å²) in [5, 5.41) is 5.90. The second-order valence-electron chi connectivity index (χ2n) is 5.39. The van der Waals surface area contributed by atoms with Gasteiger partial charge in [0.05, 0.1) is 5.92 Å². The molecule has 1 saturated heterocycles. The van der Waals surface area contributed by atoms with E-state index in [1.165, 1.54) is 0 Å². The summed E-state index contributed by atoms with van der Waals surface area (Å²) in [5.74, 6) is 0.0198. The normalized spacial score (nSPS) is 17.5. The number of carbonyl (C=O) groups excluding carboxylic acids is 2. The van der Waals surface area contributed by atoms with Crippen LogP contribution in [0.15, 0.2) is 30.3 Å². The highest BCUT2D eigenvalue weighted by Gasteiger charge is 2.28. The van der Waals surface area contributed by atoms with E-state index in [0.717, 1.165) is 25.1 Å². The van der Waals surface area contributed by atoms with Crippen LogP contribution in [-0.4, -0.2) is 43.4 Å². The van der Waals surface area contributed by atoms with Crippen molar-refractivity contribution in [1.29, 1.82) is 0 Å². The number of benzene rings is 1. The van der Waals surface area contributed by atoms with E-state index in [-0.39, 0.29) is 30.1 Å². The van der Waals surface area contributed by atoms with E-state index in [0.29, 0.717) is 19.5 Å². The Bertz CT molecular complexity index is 482. The van der Waals surface area contributed by atoms with Crippen molar-refractivity contribution in [1.82, 2.24) is 10.2 Å². The van der Waals surface area contributed by atoms with Crippen LogP contribution >= 0.6 is 12.4 Å². The summed E-state index contributed by atoms with van der Waals surface area (Å²) < 4.78 is 0. The minimum atomic E-state index is -0.113. The van der Waals surface area contributed by atoms with Gasteiger partial charge in [-0.1, -0.05) is 18.2 Å². The molecule has 0 saturated carbocycles. The smallest absolute Gasteiger partial charge is 0.229 e. The number of piperidine rings is 1. The molecule has 1 aliphatic rings.